The van der Waals surface area contributed by atoms with Gasteiger partial charge in [-0.15, -0.1) is 11.3 Å². The van der Waals surface area contributed by atoms with E-state index in [2.05, 4.69) is 22.4 Å². The van der Waals surface area contributed by atoms with Gasteiger partial charge in [-0.3, -0.25) is 4.79 Å². The van der Waals surface area contributed by atoms with Gasteiger partial charge in [-0.25, -0.2) is 14.8 Å². The number of nitriles is 2. The molecule has 17 heteroatoms. The third-order valence-corrected chi connectivity index (χ3v) is 8.17. The molecule has 2 aromatic heterocycles. The van der Waals surface area contributed by atoms with Gasteiger partial charge in [0.25, 0.3) is 0 Å². The number of aliphatic carboxylic acids is 1. The summed E-state index contributed by atoms with van der Waals surface area (Å²) in [6.45, 7) is 0.518. The van der Waals surface area contributed by atoms with Crippen LogP contribution in [0.15, 0.2) is 58.9 Å². The Bertz CT molecular complexity index is 1810. The number of nitrogens with zero attached hydrogens (tertiary/aromatic N) is 4. The molecule has 2 heterocycles. The molecule has 250 valence electrons. The second-order valence-corrected chi connectivity index (χ2v) is 11.5. The van der Waals surface area contributed by atoms with Gasteiger partial charge in [0.05, 0.1) is 17.7 Å². The van der Waals surface area contributed by atoms with E-state index in [9.17, 15) is 28.5 Å². The molecule has 11 nitrogen and oxygen atoms in total. The third kappa shape index (κ3) is 10.6. The van der Waals surface area contributed by atoms with Gasteiger partial charge in [0.15, 0.2) is 0 Å². The molecule has 0 fully saturated rings. The van der Waals surface area contributed by atoms with Gasteiger partial charge in [-0.1, -0.05) is 47.6 Å². The number of thiazole rings is 1. The zero-order valence-electron chi connectivity index (χ0n) is 25.0. The van der Waals surface area contributed by atoms with E-state index in [0.29, 0.717) is 44.1 Å². The minimum absolute atomic E-state index is 0.106. The summed E-state index contributed by atoms with van der Waals surface area (Å²) in [5.41, 5.74) is 8.89. The lowest BCUT2D eigenvalue weighted by atomic mass is 9.96. The zero-order valence-corrected chi connectivity index (χ0v) is 27.4. The van der Waals surface area contributed by atoms with E-state index in [1.807, 2.05) is 29.6 Å². The maximum absolute atomic E-state index is 11.4. The quantitative estimate of drug-likeness (QED) is 0.0821. The number of carboxylic acids is 1. The third-order valence-electron chi connectivity index (χ3n) is 5.97. The molecule has 0 aliphatic heterocycles. The Balaban J connectivity index is 0.000000804. The Hall–Kier alpha value is -4.87. The lowest BCUT2D eigenvalue weighted by Gasteiger charge is -2.15. The Labute approximate surface area is 286 Å². The number of carbonyl (C=O) groups is 2. The molecule has 0 atom stereocenters. The number of aromatic nitrogens is 2. The number of hydrogen-bond donors (Lipinski definition) is 3. The van der Waals surface area contributed by atoms with Crippen LogP contribution in [0.3, 0.4) is 0 Å². The number of halogens is 4. The van der Waals surface area contributed by atoms with Gasteiger partial charge >= 0.3 is 18.1 Å². The summed E-state index contributed by atoms with van der Waals surface area (Å²) >= 11 is 8.91. The molecule has 0 aliphatic rings. The number of benzene rings is 2. The molecule has 0 saturated heterocycles. The monoisotopic (exact) mass is 718 g/mol. The Morgan fingerprint density at radius 2 is 1.67 bits per heavy atom. The smallest absolute Gasteiger partial charge is 0.490 e. The maximum Gasteiger partial charge on any atom is 0.490 e. The van der Waals surface area contributed by atoms with Gasteiger partial charge in [0.1, 0.15) is 52.5 Å². The fraction of sp³-hybridized carbons (Fsp3) is 0.226. The maximum atomic E-state index is 11.4. The second-order valence-electron chi connectivity index (χ2n) is 9.24. The number of esters is 1. The number of carboxylic acid groups (broad SMARTS) is 1. The minimum atomic E-state index is -5.08. The van der Waals surface area contributed by atoms with Crippen molar-refractivity contribution in [2.45, 2.75) is 23.4 Å². The molecule has 0 spiro atoms. The van der Waals surface area contributed by atoms with Crippen molar-refractivity contribution in [1.29, 1.82) is 10.5 Å². The van der Waals surface area contributed by atoms with Crippen molar-refractivity contribution in [2.75, 3.05) is 32.1 Å². The van der Waals surface area contributed by atoms with Crippen molar-refractivity contribution in [2.24, 2.45) is 5.73 Å². The van der Waals surface area contributed by atoms with Crippen LogP contribution < -0.4 is 15.8 Å². The van der Waals surface area contributed by atoms with Gasteiger partial charge in [0, 0.05) is 40.9 Å². The normalized spacial score (nSPS) is 10.6. The number of pyridine rings is 1. The van der Waals surface area contributed by atoms with Crippen LogP contribution in [0, 0.1) is 22.7 Å². The van der Waals surface area contributed by atoms with Crippen LogP contribution in [0.25, 0.3) is 21.7 Å². The molecule has 0 saturated carbocycles. The number of thioether (sulfide) groups is 1. The van der Waals surface area contributed by atoms with E-state index in [4.69, 9.17) is 41.7 Å². The first kappa shape index (κ1) is 37.6. The van der Waals surface area contributed by atoms with Crippen LogP contribution in [0.5, 0.6) is 5.75 Å². The Kier molecular flexibility index (Phi) is 14.0. The van der Waals surface area contributed by atoms with E-state index in [0.717, 1.165) is 16.3 Å². The SMILES string of the molecule is CNc1nc(SCc2csc(-c3ccc(Cl)cc3)n2)c(C#N)c(-c2ccc(OCCOC(=O)CCN)cc2)c1C#N.O=C(O)C(F)(F)F. The summed E-state index contributed by atoms with van der Waals surface area (Å²) in [6, 6.07) is 19.0. The lowest BCUT2D eigenvalue weighted by Crippen LogP contribution is -2.21. The number of nitrogens with two attached hydrogens (primary N) is 1. The van der Waals surface area contributed by atoms with Crippen molar-refractivity contribution in [3.8, 4) is 39.6 Å². The van der Waals surface area contributed by atoms with Crippen LogP contribution in [-0.2, 0) is 20.1 Å². The minimum Gasteiger partial charge on any atom is -0.490 e. The first-order valence-corrected chi connectivity index (χ1v) is 15.9. The fourth-order valence-electron chi connectivity index (χ4n) is 3.81. The van der Waals surface area contributed by atoms with Crippen LogP contribution in [0.1, 0.15) is 23.2 Å². The molecule has 48 heavy (non-hydrogen) atoms. The van der Waals surface area contributed by atoms with Crippen molar-refractivity contribution in [3.05, 3.63) is 75.8 Å². The molecule has 4 aromatic rings. The summed E-state index contributed by atoms with van der Waals surface area (Å²) in [5.74, 6) is -1.71. The van der Waals surface area contributed by atoms with Crippen LogP contribution >= 0.6 is 34.7 Å². The summed E-state index contributed by atoms with van der Waals surface area (Å²) in [7, 11) is 1.68. The number of ether oxygens (including phenoxy) is 2. The molecule has 0 amide bonds. The summed E-state index contributed by atoms with van der Waals surface area (Å²) in [5, 5.41) is 34.3. The highest BCUT2D eigenvalue weighted by Crippen LogP contribution is 2.38. The van der Waals surface area contributed by atoms with Gasteiger partial charge in [-0.05, 0) is 29.8 Å². The average Bonchev–Trinajstić information content (AvgIpc) is 3.54. The number of anilines is 1. The van der Waals surface area contributed by atoms with Crippen molar-refractivity contribution in [3.63, 3.8) is 0 Å². The van der Waals surface area contributed by atoms with Gasteiger partial charge in [0.2, 0.25) is 0 Å². The first-order chi connectivity index (χ1) is 22.9. The van der Waals surface area contributed by atoms with E-state index < -0.39 is 12.1 Å². The van der Waals surface area contributed by atoms with Crippen LogP contribution in [-0.4, -0.2) is 60.0 Å². The first-order valence-electron chi connectivity index (χ1n) is 13.7. The highest BCUT2D eigenvalue weighted by molar-refractivity contribution is 7.98. The molecule has 4 rings (SSSR count). The summed E-state index contributed by atoms with van der Waals surface area (Å²) in [4.78, 5) is 29.6. The van der Waals surface area contributed by atoms with Gasteiger partial charge < -0.3 is 25.6 Å². The standard InChI is InChI=1S/C29H25ClN6O3S2.C2HF3O2/c1-34-27-23(14-32)26(18-4-8-22(9-5-18)38-12-13-39-25(37)10-11-31)24(15-33)29(36-27)41-17-21-16-40-28(35-21)19-2-6-20(30)7-3-19;3-2(4,5)1(6)7/h2-9,16H,10-13,17,31H2,1H3,(H,34,36);(H,6,7). The topological polar surface area (TPSA) is 184 Å². The van der Waals surface area contributed by atoms with E-state index in [1.54, 1.807) is 31.3 Å². The molecular weight excluding hydrogens is 693 g/mol. The highest BCUT2D eigenvalue weighted by Gasteiger charge is 2.38. The van der Waals surface area contributed by atoms with Crippen LogP contribution in [0.4, 0.5) is 19.0 Å². The van der Waals surface area contributed by atoms with Crippen molar-refractivity contribution in [1.82, 2.24) is 9.97 Å². The number of hydrogen-bond acceptors (Lipinski definition) is 12. The molecular formula is C31H26ClF3N6O5S2. The fourth-order valence-corrected chi connectivity index (χ4v) is 5.75. The molecule has 0 bridgehead atoms. The van der Waals surface area contributed by atoms with Crippen molar-refractivity contribution >= 4 is 52.5 Å². The Morgan fingerprint density at radius 3 is 2.23 bits per heavy atom. The summed E-state index contributed by atoms with van der Waals surface area (Å²) < 4.78 is 42.4. The van der Waals surface area contributed by atoms with E-state index >= 15 is 0 Å². The zero-order chi connectivity index (χ0) is 35.3. The highest BCUT2D eigenvalue weighted by atomic mass is 35.5. The number of carbonyl (C=O) groups excluding carboxylic acids is 1. The molecule has 0 aliphatic carbocycles. The molecule has 2 aromatic carbocycles. The lowest BCUT2D eigenvalue weighted by molar-refractivity contribution is -0.192. The second kappa shape index (κ2) is 17.9. The molecule has 4 N–H and O–H groups in total. The predicted molar refractivity (Wildman–Crippen MR) is 175 cm³/mol. The molecule has 0 unspecified atom stereocenters. The van der Waals surface area contributed by atoms with Crippen molar-refractivity contribution < 1.29 is 37.3 Å². The number of alkyl halides is 3. The number of nitrogens with one attached hydrogen (secondary N) is 1. The predicted octanol–water partition coefficient (Wildman–Crippen LogP) is 6.51. The van der Waals surface area contributed by atoms with E-state index in [-0.39, 0.29) is 37.7 Å². The van der Waals surface area contributed by atoms with Crippen LogP contribution in [0.2, 0.25) is 5.02 Å². The van der Waals surface area contributed by atoms with E-state index in [1.165, 1.54) is 23.1 Å². The van der Waals surface area contributed by atoms with Gasteiger partial charge in [-0.2, -0.15) is 23.7 Å². The number of rotatable bonds is 12. The average molecular weight is 719 g/mol. The summed E-state index contributed by atoms with van der Waals surface area (Å²) in [6.07, 6.45) is -4.92. The molecule has 0 radical (unpaired) electrons. The largest absolute Gasteiger partial charge is 0.490 e. The Morgan fingerprint density at radius 1 is 1.04 bits per heavy atom.